The Morgan fingerprint density at radius 2 is 1.56 bits per heavy atom. The zero-order valence-corrected chi connectivity index (χ0v) is 5.46. The van der Waals surface area contributed by atoms with E-state index in [0.717, 1.165) is 0 Å². The predicted molar refractivity (Wildman–Crippen MR) is 27.0 cm³/mol. The molecule has 0 aliphatic rings. The highest BCUT2D eigenvalue weighted by Gasteiger charge is 1.84. The Bertz CT molecular complexity index is 42.2. The summed E-state index contributed by atoms with van der Waals surface area (Å²) in [5.41, 5.74) is 0. The van der Waals surface area contributed by atoms with Crippen LogP contribution in [0.3, 0.4) is 0 Å². The minimum Gasteiger partial charge on any atom is -0.355 e. The van der Waals surface area contributed by atoms with Crippen molar-refractivity contribution >= 4 is 0 Å². The van der Waals surface area contributed by atoms with Crippen molar-refractivity contribution in [3.05, 3.63) is 0 Å². The Morgan fingerprint density at radius 3 is 2.11 bits per heavy atom. The maximum Gasteiger partial charge on any atom is 0.214 e. The molecule has 5 heteroatoms. The lowest BCUT2D eigenvalue weighted by molar-refractivity contribution is -0.425. The van der Waals surface area contributed by atoms with Gasteiger partial charge in [0.1, 0.15) is 0 Å². The summed E-state index contributed by atoms with van der Waals surface area (Å²) in [6, 6.07) is 0. The molecule has 0 N–H and O–H groups in total. The van der Waals surface area contributed by atoms with E-state index in [4.69, 9.17) is 0 Å². The first-order valence-corrected chi connectivity index (χ1v) is 2.30. The van der Waals surface area contributed by atoms with Crippen LogP contribution < -0.4 is 0 Å². The van der Waals surface area contributed by atoms with Gasteiger partial charge in [-0.05, 0) is 0 Å². The molecule has 0 aromatic heterocycles. The van der Waals surface area contributed by atoms with Crippen LogP contribution in [-0.4, -0.2) is 27.8 Å². The van der Waals surface area contributed by atoms with Gasteiger partial charge in [-0.25, -0.2) is 19.6 Å². The highest BCUT2D eigenvalue weighted by Crippen LogP contribution is 1.79. The second-order valence-corrected chi connectivity index (χ2v) is 1.04. The first-order chi connectivity index (χ1) is 4.41. The highest BCUT2D eigenvalue weighted by atomic mass is 17.3. The van der Waals surface area contributed by atoms with Crippen molar-refractivity contribution in [1.29, 1.82) is 0 Å². The average Bonchev–Trinajstić information content (AvgIpc) is 1.89. The van der Waals surface area contributed by atoms with Gasteiger partial charge in [0.25, 0.3) is 0 Å². The molecule has 0 saturated carbocycles. The molecule has 0 amide bonds. The Labute approximate surface area is 53.3 Å². The van der Waals surface area contributed by atoms with Crippen LogP contribution in [0.4, 0.5) is 0 Å². The molecule has 0 aliphatic carbocycles. The fourth-order valence-electron chi connectivity index (χ4n) is 0.184. The molecule has 0 aromatic rings. The fourth-order valence-corrected chi connectivity index (χ4v) is 0.184. The molecule has 0 rings (SSSR count). The smallest absolute Gasteiger partial charge is 0.214 e. The van der Waals surface area contributed by atoms with Gasteiger partial charge in [-0.1, -0.05) is 0 Å². The third kappa shape index (κ3) is 7.80. The molecular weight excluding hydrogens is 128 g/mol. The van der Waals surface area contributed by atoms with Gasteiger partial charge in [-0.3, -0.25) is 0 Å². The largest absolute Gasteiger partial charge is 0.355 e. The fraction of sp³-hybridized carbons (Fsp3) is 1.00. The minimum atomic E-state index is -0.0696. The second-order valence-electron chi connectivity index (χ2n) is 1.04. The van der Waals surface area contributed by atoms with Gasteiger partial charge < -0.3 is 4.74 Å². The summed E-state index contributed by atoms with van der Waals surface area (Å²) in [5, 5.41) is 0. The minimum absolute atomic E-state index is 0.0696. The Balaban J connectivity index is 2.60. The second kappa shape index (κ2) is 7.80. The van der Waals surface area contributed by atoms with E-state index in [0.29, 0.717) is 0 Å². The van der Waals surface area contributed by atoms with E-state index in [1.165, 1.54) is 14.2 Å². The quantitative estimate of drug-likeness (QED) is 0.225. The number of methoxy groups -OCH3 is 1. The van der Waals surface area contributed by atoms with E-state index in [9.17, 15) is 0 Å². The summed E-state index contributed by atoms with van der Waals surface area (Å²) < 4.78 is 4.48. The lowest BCUT2D eigenvalue weighted by Gasteiger charge is -2.00. The van der Waals surface area contributed by atoms with Crippen LogP contribution >= 0.6 is 0 Å². The highest BCUT2D eigenvalue weighted by molar-refractivity contribution is 3.84. The van der Waals surface area contributed by atoms with E-state index in [1.54, 1.807) is 0 Å². The monoisotopic (exact) mass is 138 g/mol. The van der Waals surface area contributed by atoms with Gasteiger partial charge in [0.15, 0.2) is 6.79 Å². The SMILES string of the molecule is COCOOCOOC. The lowest BCUT2D eigenvalue weighted by Crippen LogP contribution is -2.02. The molecule has 0 radical (unpaired) electrons. The summed E-state index contributed by atoms with van der Waals surface area (Å²) >= 11 is 0. The summed E-state index contributed by atoms with van der Waals surface area (Å²) in [7, 11) is 2.86. The number of rotatable bonds is 6. The summed E-state index contributed by atoms with van der Waals surface area (Å²) in [6.07, 6.45) is 0. The molecule has 0 unspecified atom stereocenters. The molecule has 0 heterocycles. The van der Waals surface area contributed by atoms with Gasteiger partial charge in [0.05, 0.1) is 7.11 Å². The summed E-state index contributed by atoms with van der Waals surface area (Å²) in [4.78, 5) is 17.2. The van der Waals surface area contributed by atoms with Crippen LogP contribution in [0.5, 0.6) is 0 Å². The normalized spacial score (nSPS) is 10.0. The van der Waals surface area contributed by atoms with Gasteiger partial charge in [0.2, 0.25) is 6.79 Å². The van der Waals surface area contributed by atoms with Crippen LogP contribution in [0.2, 0.25) is 0 Å². The topological polar surface area (TPSA) is 46.2 Å². The van der Waals surface area contributed by atoms with E-state index >= 15 is 0 Å². The van der Waals surface area contributed by atoms with Crippen LogP contribution in [0, 0.1) is 0 Å². The molecule has 56 valence electrons. The molecule has 0 bridgehead atoms. The summed E-state index contributed by atoms with van der Waals surface area (Å²) in [5.74, 6) is 0. The van der Waals surface area contributed by atoms with Crippen molar-refractivity contribution in [3.8, 4) is 0 Å². The maximum absolute atomic E-state index is 4.48. The van der Waals surface area contributed by atoms with Gasteiger partial charge >= 0.3 is 0 Å². The molecule has 0 atom stereocenters. The van der Waals surface area contributed by atoms with E-state index in [1.807, 2.05) is 0 Å². The molecule has 0 saturated heterocycles. The third-order valence-corrected chi connectivity index (χ3v) is 0.463. The zero-order valence-electron chi connectivity index (χ0n) is 5.46. The van der Waals surface area contributed by atoms with Crippen molar-refractivity contribution in [1.82, 2.24) is 0 Å². The van der Waals surface area contributed by atoms with Crippen LogP contribution in [-0.2, 0) is 24.3 Å². The van der Waals surface area contributed by atoms with Crippen molar-refractivity contribution in [2.45, 2.75) is 0 Å². The standard InChI is InChI=1S/C4H10O5/c1-5-3-8-9-4-7-6-2/h3-4H2,1-2H3. The lowest BCUT2D eigenvalue weighted by atomic mass is 11.4. The van der Waals surface area contributed by atoms with Gasteiger partial charge in [0, 0.05) is 7.11 Å². The van der Waals surface area contributed by atoms with Crippen molar-refractivity contribution in [2.75, 3.05) is 27.8 Å². The molecule has 0 fully saturated rings. The zero-order chi connectivity index (χ0) is 6.95. The van der Waals surface area contributed by atoms with E-state index in [-0.39, 0.29) is 13.6 Å². The number of ether oxygens (including phenoxy) is 1. The van der Waals surface area contributed by atoms with Gasteiger partial charge in [-0.2, -0.15) is 0 Å². The molecule has 5 nitrogen and oxygen atoms in total. The van der Waals surface area contributed by atoms with E-state index < -0.39 is 0 Å². The summed E-state index contributed by atoms with van der Waals surface area (Å²) in [6.45, 7) is 0.00688. The number of hydrogen-bond donors (Lipinski definition) is 0. The van der Waals surface area contributed by atoms with Crippen molar-refractivity contribution < 1.29 is 24.3 Å². The maximum atomic E-state index is 4.48. The van der Waals surface area contributed by atoms with E-state index in [2.05, 4.69) is 24.3 Å². The van der Waals surface area contributed by atoms with Crippen LogP contribution in [0.25, 0.3) is 0 Å². The Kier molecular flexibility index (Phi) is 7.63. The molecule has 0 aromatic carbocycles. The number of hydrogen-bond acceptors (Lipinski definition) is 5. The third-order valence-electron chi connectivity index (χ3n) is 0.463. The van der Waals surface area contributed by atoms with Gasteiger partial charge in [-0.15, -0.1) is 0 Å². The molecule has 9 heavy (non-hydrogen) atoms. The van der Waals surface area contributed by atoms with Crippen molar-refractivity contribution in [3.63, 3.8) is 0 Å². The molecule has 0 aliphatic heterocycles. The first-order valence-electron chi connectivity index (χ1n) is 2.30. The van der Waals surface area contributed by atoms with Crippen LogP contribution in [0.1, 0.15) is 0 Å². The van der Waals surface area contributed by atoms with Crippen LogP contribution in [0.15, 0.2) is 0 Å². The first kappa shape index (κ1) is 8.80. The predicted octanol–water partition coefficient (Wildman–Crippen LogP) is 0.0740. The average molecular weight is 138 g/mol. The van der Waals surface area contributed by atoms with Crippen molar-refractivity contribution in [2.24, 2.45) is 0 Å². The molecule has 0 spiro atoms. The Morgan fingerprint density at radius 1 is 0.889 bits per heavy atom. The molecular formula is C4H10O5. The Hall–Kier alpha value is -0.200.